The Balaban J connectivity index is 2.20. The van der Waals surface area contributed by atoms with Crippen LogP contribution in [0.15, 0.2) is 57.8 Å². The summed E-state index contributed by atoms with van der Waals surface area (Å²) in [6.07, 6.45) is 4.13. The molecule has 8 heteroatoms. The smallest absolute Gasteiger partial charge is 0.0878 e. The molecule has 3 rings (SSSR count). The molecular formula is C22H20I4N4. The molecule has 0 saturated carbocycles. The van der Waals surface area contributed by atoms with Gasteiger partial charge in [0.05, 0.1) is 22.7 Å². The van der Waals surface area contributed by atoms with Gasteiger partial charge in [-0.1, -0.05) is 0 Å². The summed E-state index contributed by atoms with van der Waals surface area (Å²) in [6.45, 7) is 8.15. The summed E-state index contributed by atoms with van der Waals surface area (Å²) in [7, 11) is 0. The van der Waals surface area contributed by atoms with Gasteiger partial charge in [0.25, 0.3) is 0 Å². The molecule has 30 heavy (non-hydrogen) atoms. The lowest BCUT2D eigenvalue weighted by atomic mass is 10.2. The minimum absolute atomic E-state index is 0.922. The molecule has 0 atom stereocenters. The first-order valence-corrected chi connectivity index (χ1v) is 13.4. The number of anilines is 2. The van der Waals surface area contributed by atoms with Crippen molar-refractivity contribution in [3.8, 4) is 0 Å². The zero-order valence-corrected chi connectivity index (χ0v) is 25.5. The zero-order chi connectivity index (χ0) is 22.0. The number of allylic oxidation sites excluding steroid dienone is 4. The van der Waals surface area contributed by atoms with Gasteiger partial charge in [0.15, 0.2) is 0 Å². The second kappa shape index (κ2) is 10.6. The highest BCUT2D eigenvalue weighted by atomic mass is 127. The molecule has 0 radical (unpaired) electrons. The third kappa shape index (κ3) is 6.40. The molecule has 0 bridgehead atoms. The van der Waals surface area contributed by atoms with Crippen molar-refractivity contribution in [1.29, 1.82) is 0 Å². The number of nitrogens with zero attached hydrogens (tertiary/aromatic N) is 2. The van der Waals surface area contributed by atoms with Crippen molar-refractivity contribution in [3.63, 3.8) is 0 Å². The molecule has 0 saturated heterocycles. The van der Waals surface area contributed by atoms with Gasteiger partial charge in [-0.05, 0) is 154 Å². The summed E-state index contributed by atoms with van der Waals surface area (Å²) in [4.78, 5) is 9.78. The highest BCUT2D eigenvalue weighted by Crippen LogP contribution is 2.34. The van der Waals surface area contributed by atoms with Crippen LogP contribution in [0.5, 0.6) is 0 Å². The van der Waals surface area contributed by atoms with E-state index in [9.17, 15) is 0 Å². The molecule has 4 nitrogen and oxygen atoms in total. The lowest BCUT2D eigenvalue weighted by Gasteiger charge is -2.15. The summed E-state index contributed by atoms with van der Waals surface area (Å²) < 4.78 is 4.75. The monoisotopic (exact) mass is 848 g/mol. The molecule has 0 amide bonds. The summed E-state index contributed by atoms with van der Waals surface area (Å²) in [5.41, 5.74) is 7.71. The van der Waals surface area contributed by atoms with E-state index in [1.54, 1.807) is 0 Å². The standard InChI is InChI=1S/C22H20I4N4/c1-11-5-12(2)28-21-9-17(25)18(26)10-22(21)30-14(4)6-13(3)29-20-8-16(24)15(23)7-19(20)27-11/h5-10,27,30H,1-4H3/b11-5-,14-6-,28-12?,29-13?. The molecule has 0 spiro atoms. The Kier molecular flexibility index (Phi) is 8.63. The van der Waals surface area contributed by atoms with Crippen LogP contribution in [-0.2, 0) is 0 Å². The van der Waals surface area contributed by atoms with Crippen molar-refractivity contribution in [2.75, 3.05) is 10.6 Å². The molecule has 0 aromatic heterocycles. The van der Waals surface area contributed by atoms with E-state index in [1.165, 1.54) is 14.3 Å². The van der Waals surface area contributed by atoms with Crippen molar-refractivity contribution in [1.82, 2.24) is 0 Å². The van der Waals surface area contributed by atoms with Crippen LogP contribution in [0.25, 0.3) is 0 Å². The fraction of sp³-hybridized carbons (Fsp3) is 0.182. The second-order valence-electron chi connectivity index (χ2n) is 6.98. The van der Waals surface area contributed by atoms with Crippen molar-refractivity contribution < 1.29 is 0 Å². The first-order chi connectivity index (χ1) is 14.1. The van der Waals surface area contributed by atoms with Crippen LogP contribution >= 0.6 is 90.4 Å². The normalized spacial score (nSPS) is 18.1. The number of nitrogens with one attached hydrogen (secondary N) is 2. The predicted octanol–water partition coefficient (Wildman–Crippen LogP) is 8.64. The fourth-order valence-corrected chi connectivity index (χ4v) is 4.86. The average molecular weight is 848 g/mol. The Morgan fingerprint density at radius 2 is 0.900 bits per heavy atom. The Morgan fingerprint density at radius 3 is 1.27 bits per heavy atom. The maximum absolute atomic E-state index is 4.89. The van der Waals surface area contributed by atoms with Gasteiger partial charge in [-0.3, -0.25) is 9.98 Å². The highest BCUT2D eigenvalue weighted by Gasteiger charge is 2.10. The number of hydrogen-bond acceptors (Lipinski definition) is 4. The summed E-state index contributed by atoms with van der Waals surface area (Å²) in [5, 5.41) is 7.03. The zero-order valence-electron chi connectivity index (χ0n) is 16.9. The lowest BCUT2D eigenvalue weighted by molar-refractivity contribution is 1.33. The maximum atomic E-state index is 4.89. The molecule has 2 aromatic carbocycles. The van der Waals surface area contributed by atoms with Crippen LogP contribution in [0.4, 0.5) is 22.7 Å². The number of aliphatic imine (C=N–C) groups is 2. The van der Waals surface area contributed by atoms with E-state index in [0.717, 1.165) is 45.6 Å². The van der Waals surface area contributed by atoms with E-state index in [4.69, 9.17) is 9.98 Å². The summed E-state index contributed by atoms with van der Waals surface area (Å²) in [6, 6.07) is 8.51. The molecule has 2 aromatic rings. The van der Waals surface area contributed by atoms with Gasteiger partial charge in [-0.2, -0.15) is 0 Å². The minimum Gasteiger partial charge on any atom is -0.357 e. The van der Waals surface area contributed by atoms with Gasteiger partial charge >= 0.3 is 0 Å². The van der Waals surface area contributed by atoms with E-state index in [1.807, 2.05) is 13.8 Å². The Morgan fingerprint density at radius 1 is 0.567 bits per heavy atom. The largest absolute Gasteiger partial charge is 0.357 e. The van der Waals surface area contributed by atoms with Crippen LogP contribution in [0.1, 0.15) is 27.7 Å². The molecule has 1 aliphatic heterocycles. The average Bonchev–Trinajstić information content (AvgIpc) is 2.62. The van der Waals surface area contributed by atoms with Crippen molar-refractivity contribution >= 4 is 125 Å². The van der Waals surface area contributed by atoms with Crippen LogP contribution in [0.3, 0.4) is 0 Å². The topological polar surface area (TPSA) is 48.8 Å². The first-order valence-electron chi connectivity index (χ1n) is 9.11. The van der Waals surface area contributed by atoms with Crippen LogP contribution < -0.4 is 10.6 Å². The number of rotatable bonds is 0. The quantitative estimate of drug-likeness (QED) is 0.261. The van der Waals surface area contributed by atoms with Crippen molar-refractivity contribution in [2.24, 2.45) is 9.98 Å². The molecule has 0 fully saturated rings. The van der Waals surface area contributed by atoms with Gasteiger partial charge in [0.2, 0.25) is 0 Å². The third-order valence-corrected chi connectivity index (χ3v) is 9.82. The Labute approximate surface area is 232 Å². The molecule has 1 aliphatic rings. The van der Waals surface area contributed by atoms with Crippen LogP contribution in [0.2, 0.25) is 0 Å². The van der Waals surface area contributed by atoms with Gasteiger partial charge < -0.3 is 10.6 Å². The molecular weight excluding hydrogens is 828 g/mol. The van der Waals surface area contributed by atoms with Gasteiger partial charge in [-0.15, -0.1) is 0 Å². The Hall–Kier alpha value is -0.220. The maximum Gasteiger partial charge on any atom is 0.0878 e. The highest BCUT2D eigenvalue weighted by molar-refractivity contribution is 14.1. The fourth-order valence-electron chi connectivity index (χ4n) is 3.03. The minimum atomic E-state index is 0.922. The predicted molar refractivity (Wildman–Crippen MR) is 164 cm³/mol. The number of hydrogen-bond donors (Lipinski definition) is 2. The third-order valence-electron chi connectivity index (χ3n) is 4.19. The first kappa shape index (κ1) is 24.4. The van der Waals surface area contributed by atoms with Gasteiger partial charge in [0, 0.05) is 37.1 Å². The molecule has 156 valence electrons. The lowest BCUT2D eigenvalue weighted by Crippen LogP contribution is -2.03. The van der Waals surface area contributed by atoms with E-state index in [2.05, 4.69) is 151 Å². The van der Waals surface area contributed by atoms with E-state index in [0.29, 0.717) is 0 Å². The van der Waals surface area contributed by atoms with Gasteiger partial charge in [-0.25, -0.2) is 0 Å². The Bertz CT molecular complexity index is 1040. The number of halogens is 4. The molecule has 0 unspecified atom stereocenters. The SMILES string of the molecule is CC1=Nc2cc(I)c(I)cc2N/C(C)=C\C(C)=Nc2cc(I)c(I)cc2N/C(C)=C\1. The van der Waals surface area contributed by atoms with Gasteiger partial charge in [0.1, 0.15) is 0 Å². The molecule has 2 N–H and O–H groups in total. The molecule has 1 heterocycles. The number of fused-ring (bicyclic) bond motifs is 2. The summed E-state index contributed by atoms with van der Waals surface area (Å²) in [5.74, 6) is 0. The van der Waals surface area contributed by atoms with E-state index in [-0.39, 0.29) is 0 Å². The van der Waals surface area contributed by atoms with Crippen LogP contribution in [0, 0.1) is 14.3 Å². The molecule has 0 aliphatic carbocycles. The summed E-state index contributed by atoms with van der Waals surface area (Å²) >= 11 is 9.42. The van der Waals surface area contributed by atoms with Crippen molar-refractivity contribution in [2.45, 2.75) is 27.7 Å². The van der Waals surface area contributed by atoms with E-state index >= 15 is 0 Å². The van der Waals surface area contributed by atoms with E-state index < -0.39 is 0 Å². The van der Waals surface area contributed by atoms with Crippen LogP contribution in [-0.4, -0.2) is 11.4 Å². The second-order valence-corrected chi connectivity index (χ2v) is 11.6. The number of benzene rings is 2. The van der Waals surface area contributed by atoms with Crippen molar-refractivity contribution in [3.05, 3.63) is 62.1 Å².